The van der Waals surface area contributed by atoms with E-state index in [0.717, 1.165) is 38.2 Å². The van der Waals surface area contributed by atoms with Crippen molar-refractivity contribution in [1.29, 1.82) is 0 Å². The van der Waals surface area contributed by atoms with Gasteiger partial charge in [0.1, 0.15) is 0 Å². The summed E-state index contributed by atoms with van der Waals surface area (Å²) in [6, 6.07) is 7.73. The van der Waals surface area contributed by atoms with Crippen molar-refractivity contribution in [1.82, 2.24) is 4.90 Å². The van der Waals surface area contributed by atoms with Gasteiger partial charge in [-0.05, 0) is 30.4 Å². The Balaban J connectivity index is 0.00000192. The number of anilines is 1. The third-order valence-corrected chi connectivity index (χ3v) is 5.42. The van der Waals surface area contributed by atoms with Crippen molar-refractivity contribution in [3.05, 3.63) is 29.3 Å². The van der Waals surface area contributed by atoms with Gasteiger partial charge in [-0.2, -0.15) is 0 Å². The average molecular weight is 358 g/mol. The lowest BCUT2D eigenvalue weighted by molar-refractivity contribution is -0.122. The third-order valence-electron chi connectivity index (χ3n) is 5.10. The average Bonchev–Trinajstić information content (AvgIpc) is 2.84. The van der Waals surface area contributed by atoms with Crippen LogP contribution in [0, 0.1) is 5.41 Å². The number of carbonyl (C=O) groups is 1. The number of amides is 1. The maximum absolute atomic E-state index is 12.8. The molecule has 0 aromatic heterocycles. The fraction of sp³-hybridized carbons (Fsp3) is 0.588. The van der Waals surface area contributed by atoms with E-state index < -0.39 is 0 Å². The van der Waals surface area contributed by atoms with Crippen LogP contribution in [0.5, 0.6) is 0 Å². The number of rotatable bonds is 2. The molecule has 2 saturated heterocycles. The molecule has 4 nitrogen and oxygen atoms in total. The number of nitrogens with zero attached hydrogens (tertiary/aromatic N) is 2. The van der Waals surface area contributed by atoms with Gasteiger partial charge >= 0.3 is 0 Å². The monoisotopic (exact) mass is 357 g/mol. The summed E-state index contributed by atoms with van der Waals surface area (Å²) >= 11 is 6.24. The van der Waals surface area contributed by atoms with Gasteiger partial charge in [-0.25, -0.2) is 0 Å². The van der Waals surface area contributed by atoms with E-state index in [1.54, 1.807) is 0 Å². The summed E-state index contributed by atoms with van der Waals surface area (Å²) in [6.07, 6.45) is 1.80. The normalized spacial score (nSPS) is 27.8. The highest BCUT2D eigenvalue weighted by Gasteiger charge is 2.42. The van der Waals surface area contributed by atoms with E-state index in [1.807, 2.05) is 29.2 Å². The highest BCUT2D eigenvalue weighted by molar-refractivity contribution is 6.33. The molecular formula is C17H25Cl2N3O. The predicted molar refractivity (Wildman–Crippen MR) is 97.4 cm³/mol. The second-order valence-corrected chi connectivity index (χ2v) is 7.51. The quantitative estimate of drug-likeness (QED) is 0.884. The van der Waals surface area contributed by atoms with E-state index in [-0.39, 0.29) is 35.8 Å². The van der Waals surface area contributed by atoms with E-state index in [4.69, 9.17) is 17.3 Å². The maximum Gasteiger partial charge on any atom is 0.244 e. The second kappa shape index (κ2) is 6.98. The number of nitrogens with two attached hydrogens (primary N) is 1. The Hall–Kier alpha value is -0.810. The van der Waals surface area contributed by atoms with Crippen molar-refractivity contribution in [3.63, 3.8) is 0 Å². The summed E-state index contributed by atoms with van der Waals surface area (Å²) in [4.78, 5) is 17.0. The highest BCUT2D eigenvalue weighted by atomic mass is 35.5. The van der Waals surface area contributed by atoms with Gasteiger partial charge in [0.05, 0.1) is 16.8 Å². The van der Waals surface area contributed by atoms with Crippen LogP contribution in [0.3, 0.4) is 0 Å². The molecule has 6 heteroatoms. The number of hydrogen-bond acceptors (Lipinski definition) is 3. The lowest BCUT2D eigenvalue weighted by Crippen LogP contribution is -2.56. The first kappa shape index (κ1) is 18.5. The van der Waals surface area contributed by atoms with Crippen LogP contribution in [0.2, 0.25) is 5.02 Å². The minimum Gasteiger partial charge on any atom is -0.327 e. The van der Waals surface area contributed by atoms with Crippen LogP contribution in [0.4, 0.5) is 5.69 Å². The number of hydrogen-bond donors (Lipinski definition) is 1. The Labute approximate surface area is 149 Å². The summed E-state index contributed by atoms with van der Waals surface area (Å²) in [5.74, 6) is 0.166. The number of likely N-dealkylation sites (tertiary alicyclic amines) is 1. The van der Waals surface area contributed by atoms with E-state index in [9.17, 15) is 4.79 Å². The minimum atomic E-state index is -0.0388. The molecule has 2 aliphatic rings. The third kappa shape index (κ3) is 3.50. The zero-order chi connectivity index (χ0) is 15.9. The summed E-state index contributed by atoms with van der Waals surface area (Å²) in [7, 11) is 0. The van der Waals surface area contributed by atoms with E-state index in [1.165, 1.54) is 0 Å². The van der Waals surface area contributed by atoms with Crippen LogP contribution < -0.4 is 10.6 Å². The van der Waals surface area contributed by atoms with Gasteiger partial charge in [0, 0.05) is 25.7 Å². The van der Waals surface area contributed by atoms with Crippen LogP contribution in [-0.4, -0.2) is 42.5 Å². The molecule has 2 unspecified atom stereocenters. The van der Waals surface area contributed by atoms with E-state index >= 15 is 0 Å². The molecule has 2 fully saturated rings. The molecule has 2 heterocycles. The van der Waals surface area contributed by atoms with Crippen molar-refractivity contribution in [2.75, 3.05) is 24.5 Å². The lowest BCUT2D eigenvalue weighted by atomic mass is 9.79. The predicted octanol–water partition coefficient (Wildman–Crippen LogP) is 2.93. The smallest absolute Gasteiger partial charge is 0.244 e. The zero-order valence-electron chi connectivity index (χ0n) is 13.7. The SMILES string of the molecule is CC1(C)CN(C2CCN(c3ccccc3Cl)C2=O)CCC1N.Cl. The Kier molecular flexibility index (Phi) is 5.62. The van der Waals surface area contributed by atoms with Crippen molar-refractivity contribution in [3.8, 4) is 0 Å². The number of carbonyl (C=O) groups excluding carboxylic acids is 1. The molecule has 0 bridgehead atoms. The van der Waals surface area contributed by atoms with Crippen molar-refractivity contribution in [2.24, 2.45) is 11.1 Å². The topological polar surface area (TPSA) is 49.6 Å². The molecule has 0 saturated carbocycles. The standard InChI is InChI=1S/C17H24ClN3O.ClH/c1-17(2)11-20(9-8-15(17)19)14-7-10-21(16(14)22)13-6-4-3-5-12(13)18;/h3-6,14-15H,7-11,19H2,1-2H3;1H. The van der Waals surface area contributed by atoms with Gasteiger partial charge in [-0.3, -0.25) is 9.69 Å². The summed E-state index contributed by atoms with van der Waals surface area (Å²) in [5, 5.41) is 0.637. The highest BCUT2D eigenvalue weighted by Crippen LogP contribution is 2.34. The first-order chi connectivity index (χ1) is 10.4. The van der Waals surface area contributed by atoms with E-state index in [0.29, 0.717) is 5.02 Å². The molecule has 0 aliphatic carbocycles. The van der Waals surface area contributed by atoms with Crippen LogP contribution >= 0.6 is 24.0 Å². The molecule has 0 radical (unpaired) electrons. The molecule has 1 amide bonds. The second-order valence-electron chi connectivity index (χ2n) is 7.10. The molecule has 3 rings (SSSR count). The zero-order valence-corrected chi connectivity index (χ0v) is 15.2. The number of benzene rings is 1. The minimum absolute atomic E-state index is 0. The number of halogens is 2. The Morgan fingerprint density at radius 2 is 1.91 bits per heavy atom. The van der Waals surface area contributed by atoms with E-state index in [2.05, 4.69) is 18.7 Å². The molecule has 2 N–H and O–H groups in total. The Morgan fingerprint density at radius 3 is 2.57 bits per heavy atom. The first-order valence-electron chi connectivity index (χ1n) is 7.96. The van der Waals surface area contributed by atoms with Crippen molar-refractivity contribution < 1.29 is 4.79 Å². The lowest BCUT2D eigenvalue weighted by Gasteiger charge is -2.44. The molecule has 0 spiro atoms. The summed E-state index contributed by atoms with van der Waals surface area (Å²) in [6.45, 7) is 6.89. The Morgan fingerprint density at radius 1 is 1.22 bits per heavy atom. The number of para-hydroxylation sites is 1. The fourth-order valence-electron chi connectivity index (χ4n) is 3.59. The van der Waals surface area contributed by atoms with Gasteiger partial charge < -0.3 is 10.6 Å². The van der Waals surface area contributed by atoms with Gasteiger partial charge in [0.15, 0.2) is 0 Å². The molecule has 1 aromatic carbocycles. The fourth-order valence-corrected chi connectivity index (χ4v) is 3.83. The molecule has 23 heavy (non-hydrogen) atoms. The van der Waals surface area contributed by atoms with Crippen molar-refractivity contribution in [2.45, 2.75) is 38.8 Å². The largest absolute Gasteiger partial charge is 0.327 e. The molecule has 2 atom stereocenters. The van der Waals surface area contributed by atoms with Gasteiger partial charge in [0.25, 0.3) is 0 Å². The number of piperidine rings is 1. The summed E-state index contributed by atoms with van der Waals surface area (Å²) < 4.78 is 0. The van der Waals surface area contributed by atoms with Crippen molar-refractivity contribution >= 4 is 35.6 Å². The molecule has 1 aromatic rings. The van der Waals surface area contributed by atoms with Gasteiger partial charge in [-0.1, -0.05) is 37.6 Å². The van der Waals surface area contributed by atoms with Crippen LogP contribution in [0.15, 0.2) is 24.3 Å². The van der Waals surface area contributed by atoms with Gasteiger partial charge in [0.2, 0.25) is 5.91 Å². The van der Waals surface area contributed by atoms with Gasteiger partial charge in [-0.15, -0.1) is 12.4 Å². The van der Waals surface area contributed by atoms with Crippen LogP contribution in [0.1, 0.15) is 26.7 Å². The van der Waals surface area contributed by atoms with Crippen LogP contribution in [0.25, 0.3) is 0 Å². The summed E-state index contributed by atoms with van der Waals surface area (Å²) in [5.41, 5.74) is 7.08. The molecule has 128 valence electrons. The first-order valence-corrected chi connectivity index (χ1v) is 8.33. The van der Waals surface area contributed by atoms with Crippen LogP contribution in [-0.2, 0) is 4.79 Å². The molecule has 2 aliphatic heterocycles. The Bertz CT molecular complexity index is 579. The maximum atomic E-state index is 12.8. The molecular weight excluding hydrogens is 333 g/mol.